The smallest absolute Gasteiger partial charge is 0.370 e. The Bertz CT molecular complexity index is 531. The molecule has 0 amide bonds. The standard InChI is InChI=1S/C15H17F3N2/c1-3-14(4-2)9-20(10-14)12-6-5-11(8-19)13(7-12)15(16,17)18/h5-7H,3-4,9-10H2,1-2H3. The van der Waals surface area contributed by atoms with Gasteiger partial charge >= 0.3 is 6.18 Å². The molecule has 1 aromatic carbocycles. The van der Waals surface area contributed by atoms with Crippen LogP contribution < -0.4 is 4.90 Å². The number of hydrogen-bond donors (Lipinski definition) is 0. The second-order valence-electron chi connectivity index (χ2n) is 5.40. The molecule has 108 valence electrons. The summed E-state index contributed by atoms with van der Waals surface area (Å²) in [5, 5.41) is 8.78. The highest BCUT2D eigenvalue weighted by Gasteiger charge is 2.41. The molecule has 1 fully saturated rings. The average molecular weight is 282 g/mol. The average Bonchev–Trinajstić information content (AvgIpc) is 2.37. The summed E-state index contributed by atoms with van der Waals surface area (Å²) in [6.45, 7) is 5.79. The van der Waals surface area contributed by atoms with Gasteiger partial charge < -0.3 is 4.90 Å². The van der Waals surface area contributed by atoms with E-state index in [1.54, 1.807) is 12.1 Å². The Kier molecular flexibility index (Phi) is 3.68. The van der Waals surface area contributed by atoms with Gasteiger partial charge in [-0.05, 0) is 31.0 Å². The Labute approximate surface area is 116 Å². The molecule has 0 bridgehead atoms. The lowest BCUT2D eigenvalue weighted by molar-refractivity contribution is -0.137. The fourth-order valence-corrected chi connectivity index (χ4v) is 2.70. The normalized spacial score (nSPS) is 17.5. The molecule has 20 heavy (non-hydrogen) atoms. The van der Waals surface area contributed by atoms with Crippen molar-refractivity contribution < 1.29 is 13.2 Å². The van der Waals surface area contributed by atoms with Crippen LogP contribution in [0.2, 0.25) is 0 Å². The lowest BCUT2D eigenvalue weighted by atomic mass is 9.75. The molecule has 2 rings (SSSR count). The number of alkyl halides is 3. The Balaban J connectivity index is 2.27. The SMILES string of the molecule is CCC1(CC)CN(c2ccc(C#N)c(C(F)(F)F)c2)C1. The van der Waals surface area contributed by atoms with Gasteiger partial charge in [0.25, 0.3) is 0 Å². The van der Waals surface area contributed by atoms with E-state index in [2.05, 4.69) is 13.8 Å². The van der Waals surface area contributed by atoms with Gasteiger partial charge in [0, 0.05) is 24.2 Å². The molecule has 0 atom stereocenters. The van der Waals surface area contributed by atoms with Crippen molar-refractivity contribution in [3.8, 4) is 6.07 Å². The lowest BCUT2D eigenvalue weighted by Gasteiger charge is -2.51. The molecule has 0 N–H and O–H groups in total. The quantitative estimate of drug-likeness (QED) is 0.830. The summed E-state index contributed by atoms with van der Waals surface area (Å²) in [7, 11) is 0. The number of nitriles is 1. The maximum absolute atomic E-state index is 12.9. The van der Waals surface area contributed by atoms with Crippen LogP contribution in [0.3, 0.4) is 0 Å². The second kappa shape index (κ2) is 5.01. The minimum absolute atomic E-state index is 0.228. The van der Waals surface area contributed by atoms with Crippen LogP contribution in [0.15, 0.2) is 18.2 Å². The van der Waals surface area contributed by atoms with Gasteiger partial charge in [0.2, 0.25) is 0 Å². The van der Waals surface area contributed by atoms with Crippen molar-refractivity contribution in [3.05, 3.63) is 29.3 Å². The molecule has 0 spiro atoms. The highest BCUT2D eigenvalue weighted by molar-refractivity contribution is 5.56. The third kappa shape index (κ3) is 2.47. The van der Waals surface area contributed by atoms with E-state index in [0.29, 0.717) is 5.69 Å². The molecule has 1 aromatic rings. The maximum atomic E-state index is 12.9. The molecule has 0 unspecified atom stereocenters. The van der Waals surface area contributed by atoms with E-state index in [-0.39, 0.29) is 11.0 Å². The summed E-state index contributed by atoms with van der Waals surface area (Å²) in [6, 6.07) is 5.56. The molecular formula is C15H17F3N2. The molecule has 1 saturated heterocycles. The summed E-state index contributed by atoms with van der Waals surface area (Å²) in [4.78, 5) is 1.95. The van der Waals surface area contributed by atoms with Crippen molar-refractivity contribution in [2.75, 3.05) is 18.0 Å². The molecule has 0 aromatic heterocycles. The number of anilines is 1. The first-order valence-electron chi connectivity index (χ1n) is 6.71. The van der Waals surface area contributed by atoms with Crippen LogP contribution in [0.1, 0.15) is 37.8 Å². The van der Waals surface area contributed by atoms with Crippen LogP contribution in [0.5, 0.6) is 0 Å². The van der Waals surface area contributed by atoms with E-state index < -0.39 is 11.7 Å². The van der Waals surface area contributed by atoms with Crippen LogP contribution in [0, 0.1) is 16.7 Å². The van der Waals surface area contributed by atoms with Crippen LogP contribution >= 0.6 is 0 Å². The van der Waals surface area contributed by atoms with E-state index in [1.807, 2.05) is 4.90 Å². The van der Waals surface area contributed by atoms with Crippen LogP contribution in [-0.2, 0) is 6.18 Å². The van der Waals surface area contributed by atoms with Crippen molar-refractivity contribution in [1.29, 1.82) is 5.26 Å². The van der Waals surface area contributed by atoms with Crippen LogP contribution in [-0.4, -0.2) is 13.1 Å². The molecule has 5 heteroatoms. The second-order valence-corrected chi connectivity index (χ2v) is 5.40. The molecule has 2 nitrogen and oxygen atoms in total. The fraction of sp³-hybridized carbons (Fsp3) is 0.533. The minimum atomic E-state index is -4.49. The van der Waals surface area contributed by atoms with E-state index in [4.69, 9.17) is 5.26 Å². The van der Waals surface area contributed by atoms with Crippen molar-refractivity contribution in [3.63, 3.8) is 0 Å². The zero-order chi connectivity index (χ0) is 15.0. The number of benzene rings is 1. The summed E-state index contributed by atoms with van der Waals surface area (Å²) in [5.41, 5.74) is -0.386. The largest absolute Gasteiger partial charge is 0.417 e. The molecular weight excluding hydrogens is 265 g/mol. The van der Waals surface area contributed by atoms with Crippen LogP contribution in [0.25, 0.3) is 0 Å². The Morgan fingerprint density at radius 3 is 2.30 bits per heavy atom. The Morgan fingerprint density at radius 2 is 1.85 bits per heavy atom. The van der Waals surface area contributed by atoms with Crippen molar-refractivity contribution in [2.24, 2.45) is 5.41 Å². The summed E-state index contributed by atoms with van der Waals surface area (Å²) < 4.78 is 38.7. The number of halogens is 3. The molecule has 1 heterocycles. The van der Waals surface area contributed by atoms with Gasteiger partial charge in [0.15, 0.2) is 0 Å². The fourth-order valence-electron chi connectivity index (χ4n) is 2.70. The number of hydrogen-bond acceptors (Lipinski definition) is 2. The van der Waals surface area contributed by atoms with Crippen molar-refractivity contribution in [2.45, 2.75) is 32.9 Å². The highest BCUT2D eigenvalue weighted by atomic mass is 19.4. The van der Waals surface area contributed by atoms with Crippen LogP contribution in [0.4, 0.5) is 18.9 Å². The molecule has 1 aliphatic heterocycles. The zero-order valence-corrected chi connectivity index (χ0v) is 11.6. The number of rotatable bonds is 3. The summed E-state index contributed by atoms with van der Waals surface area (Å²) in [5.74, 6) is 0. The summed E-state index contributed by atoms with van der Waals surface area (Å²) >= 11 is 0. The first-order chi connectivity index (χ1) is 9.35. The first-order valence-corrected chi connectivity index (χ1v) is 6.71. The summed E-state index contributed by atoms with van der Waals surface area (Å²) in [6.07, 6.45) is -2.43. The Morgan fingerprint density at radius 1 is 1.25 bits per heavy atom. The van der Waals surface area contributed by atoms with Crippen molar-refractivity contribution >= 4 is 5.69 Å². The number of nitrogens with zero attached hydrogens (tertiary/aromatic N) is 2. The first kappa shape index (κ1) is 14.7. The van der Waals surface area contributed by atoms with E-state index in [0.717, 1.165) is 32.0 Å². The zero-order valence-electron chi connectivity index (χ0n) is 11.6. The third-order valence-electron chi connectivity index (χ3n) is 4.35. The molecule has 0 radical (unpaired) electrons. The molecule has 1 aliphatic rings. The van der Waals surface area contributed by atoms with E-state index >= 15 is 0 Å². The molecule has 0 aliphatic carbocycles. The van der Waals surface area contributed by atoms with E-state index in [9.17, 15) is 13.2 Å². The highest BCUT2D eigenvalue weighted by Crippen LogP contribution is 2.41. The van der Waals surface area contributed by atoms with Gasteiger partial charge in [0.05, 0.1) is 17.2 Å². The van der Waals surface area contributed by atoms with Gasteiger partial charge in [0.1, 0.15) is 0 Å². The third-order valence-corrected chi connectivity index (χ3v) is 4.35. The van der Waals surface area contributed by atoms with Gasteiger partial charge in [-0.1, -0.05) is 13.8 Å². The van der Waals surface area contributed by atoms with Gasteiger partial charge in [-0.15, -0.1) is 0 Å². The predicted molar refractivity (Wildman–Crippen MR) is 71.4 cm³/mol. The van der Waals surface area contributed by atoms with E-state index in [1.165, 1.54) is 6.07 Å². The Hall–Kier alpha value is -1.70. The van der Waals surface area contributed by atoms with Gasteiger partial charge in [-0.3, -0.25) is 0 Å². The van der Waals surface area contributed by atoms with Gasteiger partial charge in [-0.25, -0.2) is 0 Å². The monoisotopic (exact) mass is 282 g/mol. The van der Waals surface area contributed by atoms with Gasteiger partial charge in [-0.2, -0.15) is 18.4 Å². The lowest BCUT2D eigenvalue weighted by Crippen LogP contribution is -2.56. The minimum Gasteiger partial charge on any atom is -0.370 e. The topological polar surface area (TPSA) is 27.0 Å². The molecule has 0 saturated carbocycles. The maximum Gasteiger partial charge on any atom is 0.417 e. The predicted octanol–water partition coefficient (Wildman–Crippen LogP) is 4.20. The van der Waals surface area contributed by atoms with Crippen molar-refractivity contribution in [1.82, 2.24) is 0 Å².